The van der Waals surface area contributed by atoms with E-state index >= 15 is 0 Å². The van der Waals surface area contributed by atoms with Gasteiger partial charge in [0.05, 0.1) is 9.90 Å². The van der Waals surface area contributed by atoms with Crippen molar-refractivity contribution in [1.82, 2.24) is 20.0 Å². The van der Waals surface area contributed by atoms with Gasteiger partial charge in [-0.25, -0.2) is 0 Å². The molecule has 0 aliphatic carbocycles. The Morgan fingerprint density at radius 2 is 2.14 bits per heavy atom. The quantitative estimate of drug-likeness (QED) is 0.868. The second-order valence-electron chi connectivity index (χ2n) is 5.74. The van der Waals surface area contributed by atoms with Gasteiger partial charge in [0.15, 0.2) is 0 Å². The molecular weight excluding hydrogens is 316 g/mol. The maximum Gasteiger partial charge on any atom is 0.272 e. The summed E-state index contributed by atoms with van der Waals surface area (Å²) in [5.41, 5.74) is 3.93. The summed E-state index contributed by atoms with van der Waals surface area (Å²) in [7, 11) is 2.10. The van der Waals surface area contributed by atoms with Crippen molar-refractivity contribution in [1.29, 1.82) is 0 Å². The van der Waals surface area contributed by atoms with Crippen LogP contribution in [0.4, 0.5) is 0 Å². The van der Waals surface area contributed by atoms with Gasteiger partial charge in [0.1, 0.15) is 5.69 Å². The summed E-state index contributed by atoms with van der Waals surface area (Å²) in [5, 5.41) is 9.60. The molecule has 2 aromatic heterocycles. The molecule has 2 aliphatic rings. The van der Waals surface area contributed by atoms with Crippen LogP contribution < -0.4 is 0 Å². The summed E-state index contributed by atoms with van der Waals surface area (Å²) in [6, 6.07) is 2.11. The highest BCUT2D eigenvalue weighted by Crippen LogP contribution is 2.41. The second kappa shape index (κ2) is 5.72. The van der Waals surface area contributed by atoms with Gasteiger partial charge in [0, 0.05) is 43.1 Å². The fraction of sp³-hybridized carbons (Fsp3) is 0.467. The molecule has 0 bridgehead atoms. The lowest BCUT2D eigenvalue weighted by Gasteiger charge is -2.32. The lowest BCUT2D eigenvalue weighted by atomic mass is 10.1. The van der Waals surface area contributed by atoms with E-state index in [4.69, 9.17) is 0 Å². The number of aromatic nitrogens is 2. The van der Waals surface area contributed by atoms with Crippen LogP contribution in [0.25, 0.3) is 11.3 Å². The fourth-order valence-corrected chi connectivity index (χ4v) is 5.12. The topological polar surface area (TPSA) is 52.2 Å². The normalized spacial score (nSPS) is 18.7. The van der Waals surface area contributed by atoms with Crippen molar-refractivity contribution in [2.24, 2.45) is 0 Å². The summed E-state index contributed by atoms with van der Waals surface area (Å²) in [6.45, 7) is 3.46. The van der Waals surface area contributed by atoms with Crippen LogP contribution in [0.3, 0.4) is 0 Å². The van der Waals surface area contributed by atoms with Crippen molar-refractivity contribution in [2.75, 3.05) is 39.0 Å². The first kappa shape index (κ1) is 14.3. The number of hydrogen-bond donors (Lipinski definition) is 1. The monoisotopic (exact) mass is 334 g/mol. The minimum absolute atomic E-state index is 0.102. The van der Waals surface area contributed by atoms with Crippen LogP contribution in [-0.4, -0.2) is 64.9 Å². The Morgan fingerprint density at radius 3 is 2.95 bits per heavy atom. The number of rotatable bonds is 1. The van der Waals surface area contributed by atoms with Gasteiger partial charge in [-0.15, -0.1) is 23.1 Å². The van der Waals surface area contributed by atoms with Gasteiger partial charge >= 0.3 is 0 Å². The van der Waals surface area contributed by atoms with Crippen LogP contribution >= 0.6 is 23.1 Å². The van der Waals surface area contributed by atoms with Crippen LogP contribution in [0.5, 0.6) is 0 Å². The van der Waals surface area contributed by atoms with Crippen LogP contribution in [0.15, 0.2) is 15.7 Å². The highest BCUT2D eigenvalue weighted by Gasteiger charge is 2.28. The predicted octanol–water partition coefficient (Wildman–Crippen LogP) is 2.17. The van der Waals surface area contributed by atoms with Crippen molar-refractivity contribution >= 4 is 29.0 Å². The van der Waals surface area contributed by atoms with E-state index in [9.17, 15) is 4.79 Å². The zero-order chi connectivity index (χ0) is 15.1. The third-order valence-corrected chi connectivity index (χ3v) is 6.58. The molecule has 7 heteroatoms. The smallest absolute Gasteiger partial charge is 0.272 e. The molecule has 0 aromatic carbocycles. The summed E-state index contributed by atoms with van der Waals surface area (Å²) in [6.07, 6.45) is 0.896. The van der Waals surface area contributed by atoms with E-state index in [-0.39, 0.29) is 5.91 Å². The van der Waals surface area contributed by atoms with Crippen LogP contribution in [-0.2, 0) is 6.42 Å². The fourth-order valence-electron chi connectivity index (χ4n) is 3.00. The Bertz CT molecular complexity index is 700. The van der Waals surface area contributed by atoms with Gasteiger partial charge in [0.25, 0.3) is 5.91 Å². The van der Waals surface area contributed by atoms with Crippen LogP contribution in [0.2, 0.25) is 0 Å². The van der Waals surface area contributed by atoms with Gasteiger partial charge < -0.3 is 9.80 Å². The van der Waals surface area contributed by atoms with E-state index in [1.54, 1.807) is 11.3 Å². The number of thioether (sulfide) groups is 1. The molecule has 2 aromatic rings. The maximum atomic E-state index is 12.8. The number of likely N-dealkylation sites (N-methyl/N-ethyl adjacent to an activating group) is 1. The minimum atomic E-state index is 0.102. The molecular formula is C15H18N4OS2. The molecule has 0 spiro atoms. The second-order valence-corrected chi connectivity index (χ2v) is 8.02. The Morgan fingerprint density at radius 1 is 1.32 bits per heavy atom. The molecule has 116 valence electrons. The van der Waals surface area contributed by atoms with E-state index in [1.165, 1.54) is 9.77 Å². The number of nitrogens with zero attached hydrogens (tertiary/aromatic N) is 3. The van der Waals surface area contributed by atoms with Crippen molar-refractivity contribution in [3.05, 3.63) is 22.7 Å². The zero-order valence-corrected chi connectivity index (χ0v) is 14.1. The SMILES string of the molecule is CN1CCN(C(=O)c2[nH]nc3c2CCSc2sccc2-3)CC1. The molecule has 0 atom stereocenters. The van der Waals surface area contributed by atoms with Gasteiger partial charge in [-0.1, -0.05) is 0 Å². The minimum Gasteiger partial charge on any atom is -0.335 e. The molecule has 0 radical (unpaired) electrons. The third kappa shape index (κ3) is 2.37. The van der Waals surface area contributed by atoms with E-state index in [0.717, 1.165) is 49.6 Å². The van der Waals surface area contributed by atoms with Crippen molar-refractivity contribution in [3.8, 4) is 11.3 Å². The lowest BCUT2D eigenvalue weighted by Crippen LogP contribution is -2.47. The molecule has 0 unspecified atom stereocenters. The number of carbonyl (C=O) groups is 1. The highest BCUT2D eigenvalue weighted by molar-refractivity contribution is 8.01. The molecule has 1 amide bonds. The highest BCUT2D eigenvalue weighted by atomic mass is 32.2. The molecule has 4 rings (SSSR count). The number of H-pyrrole nitrogens is 1. The summed E-state index contributed by atoms with van der Waals surface area (Å²) >= 11 is 3.62. The number of thiophene rings is 1. The Balaban J connectivity index is 1.66. The first-order chi connectivity index (χ1) is 10.7. The average molecular weight is 334 g/mol. The third-order valence-electron chi connectivity index (χ3n) is 4.34. The molecule has 0 saturated carbocycles. The Hall–Kier alpha value is -1.31. The van der Waals surface area contributed by atoms with Crippen LogP contribution in [0.1, 0.15) is 16.1 Å². The molecule has 2 aliphatic heterocycles. The lowest BCUT2D eigenvalue weighted by molar-refractivity contribution is 0.0657. The first-order valence-corrected chi connectivity index (χ1v) is 9.36. The molecule has 5 nitrogen and oxygen atoms in total. The standard InChI is InChI=1S/C15H18N4OS2/c1-18-4-6-19(7-5-18)14(20)13-10-2-8-21-15-11(3-9-22-15)12(10)16-17-13/h3,9H,2,4-8H2,1H3,(H,16,17). The Kier molecular flexibility index (Phi) is 3.71. The number of hydrogen-bond acceptors (Lipinski definition) is 5. The number of fused-ring (bicyclic) bond motifs is 3. The van der Waals surface area contributed by atoms with E-state index in [1.807, 2.05) is 16.7 Å². The van der Waals surface area contributed by atoms with Crippen molar-refractivity contribution in [2.45, 2.75) is 10.6 Å². The van der Waals surface area contributed by atoms with Crippen molar-refractivity contribution < 1.29 is 4.79 Å². The maximum absolute atomic E-state index is 12.8. The summed E-state index contributed by atoms with van der Waals surface area (Å²) in [4.78, 5) is 17.0. The van der Waals surface area contributed by atoms with Gasteiger partial charge in [-0.2, -0.15) is 5.10 Å². The first-order valence-electron chi connectivity index (χ1n) is 7.50. The molecule has 1 N–H and O–H groups in total. The number of nitrogens with one attached hydrogen (secondary N) is 1. The van der Waals surface area contributed by atoms with Gasteiger partial charge in [-0.3, -0.25) is 9.89 Å². The van der Waals surface area contributed by atoms with E-state index in [2.05, 4.69) is 33.6 Å². The van der Waals surface area contributed by atoms with Crippen molar-refractivity contribution in [3.63, 3.8) is 0 Å². The van der Waals surface area contributed by atoms with E-state index < -0.39 is 0 Å². The van der Waals surface area contributed by atoms with Gasteiger partial charge in [-0.05, 0) is 24.9 Å². The van der Waals surface area contributed by atoms with Crippen LogP contribution in [0, 0.1) is 0 Å². The summed E-state index contributed by atoms with van der Waals surface area (Å²) < 4.78 is 1.31. The Labute approximate surface area is 137 Å². The number of carbonyl (C=O) groups excluding carboxylic acids is 1. The molecule has 22 heavy (non-hydrogen) atoms. The number of aromatic amines is 1. The molecule has 4 heterocycles. The zero-order valence-electron chi connectivity index (χ0n) is 12.5. The predicted molar refractivity (Wildman–Crippen MR) is 89.7 cm³/mol. The number of amides is 1. The largest absolute Gasteiger partial charge is 0.335 e. The number of piperazine rings is 1. The molecule has 1 fully saturated rings. The average Bonchev–Trinajstić information content (AvgIpc) is 3.11. The van der Waals surface area contributed by atoms with Gasteiger partial charge in [0.2, 0.25) is 0 Å². The summed E-state index contributed by atoms with van der Waals surface area (Å²) in [5.74, 6) is 1.11. The van der Waals surface area contributed by atoms with E-state index in [0.29, 0.717) is 5.69 Å². The molecule has 1 saturated heterocycles.